The van der Waals surface area contributed by atoms with Crippen molar-refractivity contribution in [2.45, 2.75) is 37.3 Å². The average Bonchev–Trinajstić information content (AvgIpc) is 2.13. The maximum absolute atomic E-state index is 9.39. The number of hydrogen-bond acceptors (Lipinski definition) is 5. The molecule has 1 heterocycles. The van der Waals surface area contributed by atoms with Crippen LogP contribution in [0.1, 0.15) is 12.8 Å². The first-order valence-electron chi connectivity index (χ1n) is 4.19. The number of ether oxygens (including phenoxy) is 1. The molecule has 4 atom stereocenters. The molecule has 74 valence electrons. The van der Waals surface area contributed by atoms with Crippen LogP contribution in [0.4, 0.5) is 0 Å². The van der Waals surface area contributed by atoms with Gasteiger partial charge in [-0.05, 0) is 6.42 Å². The normalized spacial score (nSPS) is 39.8. The topological polar surface area (TPSA) is 93.7 Å². The molecule has 5 heteroatoms. The molecule has 0 spiro atoms. The standard InChI is InChI=1S/C8H13NO4/c9-3-1-2-6-8(12)7(11)5(10)4-13-6/h5-8,10-12H,1-2,4H2/t5-,6+,7+,8+/m1/s1. The summed E-state index contributed by atoms with van der Waals surface area (Å²) in [6.45, 7) is 0.00826. The van der Waals surface area contributed by atoms with E-state index in [0.29, 0.717) is 6.42 Å². The Hall–Kier alpha value is -0.670. The molecule has 0 amide bonds. The summed E-state index contributed by atoms with van der Waals surface area (Å²) in [6, 6.07) is 1.93. The second-order valence-electron chi connectivity index (χ2n) is 3.12. The molecule has 0 unspecified atom stereocenters. The molecule has 0 aromatic heterocycles. The highest BCUT2D eigenvalue weighted by molar-refractivity contribution is 4.88. The zero-order valence-corrected chi connectivity index (χ0v) is 7.13. The summed E-state index contributed by atoms with van der Waals surface area (Å²) >= 11 is 0. The van der Waals surface area contributed by atoms with Gasteiger partial charge in [-0.3, -0.25) is 0 Å². The van der Waals surface area contributed by atoms with E-state index in [4.69, 9.17) is 15.1 Å². The van der Waals surface area contributed by atoms with E-state index in [1.54, 1.807) is 0 Å². The van der Waals surface area contributed by atoms with Crippen molar-refractivity contribution in [2.24, 2.45) is 0 Å². The lowest BCUT2D eigenvalue weighted by atomic mass is 9.97. The minimum Gasteiger partial charge on any atom is -0.388 e. The monoisotopic (exact) mass is 187 g/mol. The van der Waals surface area contributed by atoms with E-state index in [1.807, 2.05) is 6.07 Å². The molecule has 0 bridgehead atoms. The largest absolute Gasteiger partial charge is 0.388 e. The Morgan fingerprint density at radius 1 is 1.31 bits per heavy atom. The molecule has 1 rings (SSSR count). The van der Waals surface area contributed by atoms with Crippen LogP contribution in [0.25, 0.3) is 0 Å². The van der Waals surface area contributed by atoms with Gasteiger partial charge in [-0.15, -0.1) is 0 Å². The summed E-state index contributed by atoms with van der Waals surface area (Å²) < 4.78 is 5.06. The van der Waals surface area contributed by atoms with Crippen LogP contribution in [0.15, 0.2) is 0 Å². The number of nitriles is 1. The molecule has 3 N–H and O–H groups in total. The van der Waals surface area contributed by atoms with E-state index >= 15 is 0 Å². The van der Waals surface area contributed by atoms with Crippen molar-refractivity contribution in [3.8, 4) is 6.07 Å². The Morgan fingerprint density at radius 2 is 2.00 bits per heavy atom. The Morgan fingerprint density at radius 3 is 2.62 bits per heavy atom. The van der Waals surface area contributed by atoms with Crippen molar-refractivity contribution >= 4 is 0 Å². The second kappa shape index (κ2) is 4.53. The van der Waals surface area contributed by atoms with Gasteiger partial charge in [0.05, 0.1) is 18.8 Å². The lowest BCUT2D eigenvalue weighted by molar-refractivity contribution is -0.187. The van der Waals surface area contributed by atoms with Crippen LogP contribution in [0, 0.1) is 11.3 Å². The van der Waals surface area contributed by atoms with Crippen molar-refractivity contribution in [3.63, 3.8) is 0 Å². The Balaban J connectivity index is 2.45. The van der Waals surface area contributed by atoms with Crippen LogP contribution in [0.5, 0.6) is 0 Å². The number of hydrogen-bond donors (Lipinski definition) is 3. The summed E-state index contributed by atoms with van der Waals surface area (Å²) in [5.41, 5.74) is 0. The maximum atomic E-state index is 9.39. The molecular formula is C8H13NO4. The molecule has 13 heavy (non-hydrogen) atoms. The van der Waals surface area contributed by atoms with Gasteiger partial charge in [0, 0.05) is 6.42 Å². The molecular weight excluding hydrogens is 174 g/mol. The quantitative estimate of drug-likeness (QED) is 0.503. The van der Waals surface area contributed by atoms with E-state index in [1.165, 1.54) is 0 Å². The van der Waals surface area contributed by atoms with Crippen LogP contribution in [0.3, 0.4) is 0 Å². The van der Waals surface area contributed by atoms with Gasteiger partial charge in [-0.25, -0.2) is 0 Å². The van der Waals surface area contributed by atoms with Crippen molar-refractivity contribution < 1.29 is 20.1 Å². The van der Waals surface area contributed by atoms with E-state index in [0.717, 1.165) is 0 Å². The average molecular weight is 187 g/mol. The van der Waals surface area contributed by atoms with E-state index < -0.39 is 24.4 Å². The van der Waals surface area contributed by atoms with Gasteiger partial charge in [-0.1, -0.05) is 0 Å². The lowest BCUT2D eigenvalue weighted by Crippen LogP contribution is -2.52. The van der Waals surface area contributed by atoms with Crippen molar-refractivity contribution in [1.29, 1.82) is 5.26 Å². The maximum Gasteiger partial charge on any atom is 0.111 e. The predicted octanol–water partition coefficient (Wildman–Crippen LogP) is -1.23. The van der Waals surface area contributed by atoms with Crippen LogP contribution >= 0.6 is 0 Å². The minimum absolute atomic E-state index is 0.00826. The molecule has 0 aromatic rings. The van der Waals surface area contributed by atoms with Gasteiger partial charge in [0.1, 0.15) is 18.3 Å². The Kier molecular flexibility index (Phi) is 3.63. The Labute approximate surface area is 76.2 Å². The number of aliphatic hydroxyl groups is 3. The fourth-order valence-electron chi connectivity index (χ4n) is 1.33. The first kappa shape index (κ1) is 10.4. The zero-order chi connectivity index (χ0) is 9.84. The van der Waals surface area contributed by atoms with E-state index in [2.05, 4.69) is 0 Å². The van der Waals surface area contributed by atoms with E-state index in [9.17, 15) is 10.2 Å². The van der Waals surface area contributed by atoms with Gasteiger partial charge in [-0.2, -0.15) is 5.26 Å². The molecule has 1 aliphatic rings. The first-order chi connectivity index (χ1) is 6.16. The highest BCUT2D eigenvalue weighted by Crippen LogP contribution is 2.18. The third kappa shape index (κ3) is 2.39. The van der Waals surface area contributed by atoms with Crippen LogP contribution in [-0.4, -0.2) is 46.3 Å². The first-order valence-corrected chi connectivity index (χ1v) is 4.19. The number of rotatable bonds is 2. The third-order valence-electron chi connectivity index (χ3n) is 2.15. The summed E-state index contributed by atoms with van der Waals surface area (Å²) in [7, 11) is 0. The van der Waals surface area contributed by atoms with Crippen LogP contribution in [-0.2, 0) is 4.74 Å². The number of aliphatic hydroxyl groups excluding tert-OH is 3. The third-order valence-corrected chi connectivity index (χ3v) is 2.15. The van der Waals surface area contributed by atoms with Gasteiger partial charge < -0.3 is 20.1 Å². The molecule has 1 aliphatic heterocycles. The molecule has 0 saturated carbocycles. The van der Waals surface area contributed by atoms with Gasteiger partial charge in [0.2, 0.25) is 0 Å². The summed E-state index contributed by atoms with van der Waals surface area (Å²) in [5.74, 6) is 0. The lowest BCUT2D eigenvalue weighted by Gasteiger charge is -2.34. The fraction of sp³-hybridized carbons (Fsp3) is 0.875. The molecule has 0 radical (unpaired) electrons. The highest BCUT2D eigenvalue weighted by Gasteiger charge is 2.36. The summed E-state index contributed by atoms with van der Waals surface area (Å²) in [6.07, 6.45) is -3.20. The fourth-order valence-corrected chi connectivity index (χ4v) is 1.33. The molecule has 5 nitrogen and oxygen atoms in total. The zero-order valence-electron chi connectivity index (χ0n) is 7.13. The SMILES string of the molecule is N#CCC[C@@H]1OC[C@@H](O)[C@H](O)[C@H]1O. The minimum atomic E-state index is -1.17. The van der Waals surface area contributed by atoms with Crippen LogP contribution < -0.4 is 0 Å². The van der Waals surface area contributed by atoms with Crippen molar-refractivity contribution in [2.75, 3.05) is 6.61 Å². The van der Waals surface area contributed by atoms with Crippen molar-refractivity contribution in [3.05, 3.63) is 0 Å². The summed E-state index contributed by atoms with van der Waals surface area (Å²) in [4.78, 5) is 0. The van der Waals surface area contributed by atoms with Gasteiger partial charge in [0.15, 0.2) is 0 Å². The molecule has 0 aliphatic carbocycles. The Bertz CT molecular complexity index is 203. The second-order valence-corrected chi connectivity index (χ2v) is 3.12. The predicted molar refractivity (Wildman–Crippen MR) is 42.6 cm³/mol. The van der Waals surface area contributed by atoms with E-state index in [-0.39, 0.29) is 13.0 Å². The smallest absolute Gasteiger partial charge is 0.111 e. The van der Waals surface area contributed by atoms with Gasteiger partial charge >= 0.3 is 0 Å². The van der Waals surface area contributed by atoms with Crippen LogP contribution in [0.2, 0.25) is 0 Å². The molecule has 0 aromatic carbocycles. The van der Waals surface area contributed by atoms with Crippen molar-refractivity contribution in [1.82, 2.24) is 0 Å². The highest BCUT2D eigenvalue weighted by atomic mass is 16.5. The molecule has 1 saturated heterocycles. The summed E-state index contributed by atoms with van der Waals surface area (Å²) in [5, 5.41) is 36.0. The molecule has 1 fully saturated rings. The van der Waals surface area contributed by atoms with Gasteiger partial charge in [0.25, 0.3) is 0 Å². The number of nitrogens with zero attached hydrogens (tertiary/aromatic N) is 1.